The molecule has 2 bridgehead atoms. The van der Waals surface area contributed by atoms with Crippen molar-refractivity contribution in [3.05, 3.63) is 42.0 Å². The predicted octanol–water partition coefficient (Wildman–Crippen LogP) is 2.25. The first-order valence-electron chi connectivity index (χ1n) is 11.8. The molecule has 0 radical (unpaired) electrons. The predicted molar refractivity (Wildman–Crippen MR) is 121 cm³/mol. The Morgan fingerprint density at radius 1 is 1.19 bits per heavy atom. The summed E-state index contributed by atoms with van der Waals surface area (Å²) in [6, 6.07) is 7.94. The number of ether oxygens (including phenoxy) is 2. The smallest absolute Gasteiger partial charge is 0.231 e. The van der Waals surface area contributed by atoms with Gasteiger partial charge in [0.05, 0.1) is 37.7 Å². The van der Waals surface area contributed by atoms with Crippen molar-refractivity contribution in [2.75, 3.05) is 51.3 Å². The average Bonchev–Trinajstić information content (AvgIpc) is 3.43. The Morgan fingerprint density at radius 3 is 2.66 bits per heavy atom. The number of hydrogen-bond donors (Lipinski definition) is 1. The van der Waals surface area contributed by atoms with Crippen LogP contribution in [0.4, 0.5) is 5.69 Å². The Hall–Kier alpha value is -2.22. The Morgan fingerprint density at radius 2 is 1.94 bits per heavy atom. The first-order chi connectivity index (χ1) is 15.5. The summed E-state index contributed by atoms with van der Waals surface area (Å²) < 4.78 is 11.6. The van der Waals surface area contributed by atoms with Crippen molar-refractivity contribution in [3.63, 3.8) is 0 Å². The highest BCUT2D eigenvalue weighted by Gasteiger charge is 2.66. The Kier molecular flexibility index (Phi) is 5.82. The quantitative estimate of drug-likeness (QED) is 0.660. The summed E-state index contributed by atoms with van der Waals surface area (Å²) in [5.41, 5.74) is 1.34. The maximum Gasteiger partial charge on any atom is 0.231 e. The molecule has 0 unspecified atom stereocenters. The second-order valence-corrected chi connectivity index (χ2v) is 9.73. The number of benzene rings is 1. The number of anilines is 1. The van der Waals surface area contributed by atoms with Crippen molar-refractivity contribution >= 4 is 17.5 Å². The van der Waals surface area contributed by atoms with Crippen LogP contribution in [0.1, 0.15) is 31.7 Å². The maximum atomic E-state index is 13.3. The standard InChI is InChI=1S/C25H33N3O4/c1-17(2)18-4-6-19(7-5-18)26-23(29)21-20-8-9-25(32-20)16-28(24(30)22(21)25)11-3-10-27-12-14-31-15-13-27/h4-9,17,20-22H,3,10-16H2,1-2H3,(H,26,29)/t20-,21+,22-,25-/m0/s1. The van der Waals surface area contributed by atoms with Gasteiger partial charge in [-0.2, -0.15) is 0 Å². The maximum absolute atomic E-state index is 13.3. The second kappa shape index (κ2) is 8.61. The van der Waals surface area contributed by atoms with Gasteiger partial charge in [0, 0.05) is 31.9 Å². The van der Waals surface area contributed by atoms with Gasteiger partial charge in [-0.25, -0.2) is 0 Å². The van der Waals surface area contributed by atoms with E-state index in [4.69, 9.17) is 9.47 Å². The van der Waals surface area contributed by atoms with E-state index in [1.165, 1.54) is 5.56 Å². The molecule has 5 rings (SSSR count). The Labute approximate surface area is 189 Å². The number of nitrogens with zero attached hydrogens (tertiary/aromatic N) is 2. The fourth-order valence-electron chi connectivity index (χ4n) is 5.55. The molecular formula is C25H33N3O4. The van der Waals surface area contributed by atoms with Gasteiger partial charge >= 0.3 is 0 Å². The van der Waals surface area contributed by atoms with Crippen LogP contribution in [0, 0.1) is 11.8 Å². The molecule has 7 nitrogen and oxygen atoms in total. The summed E-state index contributed by atoms with van der Waals surface area (Å²) >= 11 is 0. The molecule has 0 saturated carbocycles. The summed E-state index contributed by atoms with van der Waals surface area (Å²) in [5, 5.41) is 3.02. The van der Waals surface area contributed by atoms with E-state index in [1.807, 2.05) is 41.3 Å². The minimum atomic E-state index is -0.649. The molecule has 1 spiro atoms. The van der Waals surface area contributed by atoms with Gasteiger partial charge in [0.25, 0.3) is 0 Å². The SMILES string of the molecule is CC(C)c1ccc(NC(=O)[C@@H]2[C@@H]3C=C[C@@]4(CN(CCCN5CCOCC5)C(=O)[C@H]24)O3)cc1. The molecule has 32 heavy (non-hydrogen) atoms. The zero-order valence-corrected chi connectivity index (χ0v) is 19.0. The van der Waals surface area contributed by atoms with Crippen LogP contribution in [0.3, 0.4) is 0 Å². The van der Waals surface area contributed by atoms with Gasteiger partial charge in [-0.15, -0.1) is 0 Å². The number of likely N-dealkylation sites (tertiary alicyclic amines) is 1. The molecule has 4 atom stereocenters. The van der Waals surface area contributed by atoms with Crippen LogP contribution in [0.5, 0.6) is 0 Å². The third-order valence-corrected chi connectivity index (χ3v) is 7.33. The molecule has 0 aromatic heterocycles. The van der Waals surface area contributed by atoms with Crippen molar-refractivity contribution in [2.45, 2.75) is 37.9 Å². The third kappa shape index (κ3) is 3.87. The molecule has 1 aromatic rings. The molecule has 172 valence electrons. The molecule has 1 aromatic carbocycles. The molecule has 4 aliphatic heterocycles. The molecule has 7 heteroatoms. The van der Waals surface area contributed by atoms with Crippen LogP contribution in [0.15, 0.2) is 36.4 Å². The molecule has 1 N–H and O–H groups in total. The van der Waals surface area contributed by atoms with E-state index in [0.29, 0.717) is 19.0 Å². The Balaban J connectivity index is 1.23. The van der Waals surface area contributed by atoms with Crippen molar-refractivity contribution in [2.24, 2.45) is 11.8 Å². The topological polar surface area (TPSA) is 71.1 Å². The first-order valence-corrected chi connectivity index (χ1v) is 11.8. The van der Waals surface area contributed by atoms with E-state index in [0.717, 1.165) is 45.0 Å². The van der Waals surface area contributed by atoms with E-state index in [9.17, 15) is 9.59 Å². The summed E-state index contributed by atoms with van der Waals surface area (Å²) in [7, 11) is 0. The van der Waals surface area contributed by atoms with Crippen LogP contribution in [-0.4, -0.2) is 79.3 Å². The van der Waals surface area contributed by atoms with Crippen LogP contribution in [0.25, 0.3) is 0 Å². The average molecular weight is 440 g/mol. The summed E-state index contributed by atoms with van der Waals surface area (Å²) in [4.78, 5) is 30.8. The van der Waals surface area contributed by atoms with Crippen LogP contribution >= 0.6 is 0 Å². The number of rotatable bonds is 7. The fraction of sp³-hybridized carbons (Fsp3) is 0.600. The molecule has 4 heterocycles. The molecule has 3 fully saturated rings. The van der Waals surface area contributed by atoms with Crippen molar-refractivity contribution in [1.29, 1.82) is 0 Å². The van der Waals surface area contributed by atoms with Crippen LogP contribution < -0.4 is 5.32 Å². The number of amides is 2. The fourth-order valence-corrected chi connectivity index (χ4v) is 5.55. The molecule has 2 amide bonds. The van der Waals surface area contributed by atoms with Crippen molar-refractivity contribution in [1.82, 2.24) is 9.80 Å². The lowest BCUT2D eigenvalue weighted by Gasteiger charge is -2.27. The molecule has 4 aliphatic rings. The lowest BCUT2D eigenvalue weighted by atomic mass is 9.76. The summed E-state index contributed by atoms with van der Waals surface area (Å²) in [6.45, 7) is 9.95. The number of carbonyl (C=O) groups excluding carboxylic acids is 2. The second-order valence-electron chi connectivity index (χ2n) is 9.73. The zero-order valence-electron chi connectivity index (χ0n) is 19.0. The number of nitrogens with one attached hydrogen (secondary N) is 1. The van der Waals surface area contributed by atoms with Crippen molar-refractivity contribution in [3.8, 4) is 0 Å². The van der Waals surface area contributed by atoms with E-state index < -0.39 is 17.4 Å². The number of hydrogen-bond acceptors (Lipinski definition) is 5. The highest BCUT2D eigenvalue weighted by molar-refractivity contribution is 5.99. The highest BCUT2D eigenvalue weighted by Crippen LogP contribution is 2.52. The minimum Gasteiger partial charge on any atom is -0.379 e. The van der Waals surface area contributed by atoms with E-state index in [1.54, 1.807) is 0 Å². The monoisotopic (exact) mass is 439 g/mol. The lowest BCUT2D eigenvalue weighted by molar-refractivity contribution is -0.135. The first kappa shape index (κ1) is 21.6. The molecular weight excluding hydrogens is 406 g/mol. The van der Waals surface area contributed by atoms with Gasteiger partial charge in [0.2, 0.25) is 11.8 Å². The van der Waals surface area contributed by atoms with Crippen molar-refractivity contribution < 1.29 is 19.1 Å². The Bertz CT molecular complexity index is 893. The normalized spacial score (nSPS) is 31.5. The van der Waals surface area contributed by atoms with Crippen LogP contribution in [0.2, 0.25) is 0 Å². The van der Waals surface area contributed by atoms with Gasteiger partial charge in [0.15, 0.2) is 0 Å². The largest absolute Gasteiger partial charge is 0.379 e. The molecule has 3 saturated heterocycles. The van der Waals surface area contributed by atoms with E-state index >= 15 is 0 Å². The lowest BCUT2D eigenvalue weighted by Crippen LogP contribution is -2.41. The zero-order chi connectivity index (χ0) is 22.3. The molecule has 0 aliphatic carbocycles. The van der Waals surface area contributed by atoms with Gasteiger partial charge < -0.3 is 19.7 Å². The van der Waals surface area contributed by atoms with E-state index in [-0.39, 0.29) is 17.9 Å². The highest BCUT2D eigenvalue weighted by atomic mass is 16.5. The third-order valence-electron chi connectivity index (χ3n) is 7.33. The minimum absolute atomic E-state index is 0.0501. The summed E-state index contributed by atoms with van der Waals surface area (Å²) in [6.07, 6.45) is 4.58. The van der Waals surface area contributed by atoms with Gasteiger partial charge in [-0.05, 0) is 30.0 Å². The van der Waals surface area contributed by atoms with Crippen LogP contribution in [-0.2, 0) is 19.1 Å². The van der Waals surface area contributed by atoms with Gasteiger partial charge in [-0.1, -0.05) is 38.1 Å². The number of morpholine rings is 1. The van der Waals surface area contributed by atoms with E-state index in [2.05, 4.69) is 24.1 Å². The number of carbonyl (C=O) groups is 2. The summed E-state index contributed by atoms with van der Waals surface area (Å²) in [5.74, 6) is -0.562. The van der Waals surface area contributed by atoms with Gasteiger partial charge in [-0.3, -0.25) is 14.5 Å². The number of fused-ring (bicyclic) bond motifs is 1. The van der Waals surface area contributed by atoms with Gasteiger partial charge in [0.1, 0.15) is 5.60 Å².